The molecule has 0 nitrogen and oxygen atoms in total. The van der Waals surface area contributed by atoms with E-state index < -0.39 is 0 Å². The molecule has 0 amide bonds. The topological polar surface area (TPSA) is 0 Å². The van der Waals surface area contributed by atoms with Crippen LogP contribution in [0.3, 0.4) is 0 Å². The highest BCUT2D eigenvalue weighted by Crippen LogP contribution is 2.54. The zero-order chi connectivity index (χ0) is 41.9. The third kappa shape index (κ3) is 8.83. The predicted octanol–water partition coefficient (Wildman–Crippen LogP) is 17.7. The van der Waals surface area contributed by atoms with Crippen molar-refractivity contribution in [2.75, 3.05) is 0 Å². The van der Waals surface area contributed by atoms with Gasteiger partial charge in [-0.1, -0.05) is 225 Å². The van der Waals surface area contributed by atoms with E-state index in [-0.39, 0.29) is 10.5 Å². The highest BCUT2D eigenvalue weighted by atomic mass is 33.1. The second-order valence-corrected chi connectivity index (χ2v) is 19.5. The largest absolute Gasteiger partial charge is 0.0856 e. The van der Waals surface area contributed by atoms with Gasteiger partial charge in [0.25, 0.3) is 0 Å². The van der Waals surface area contributed by atoms with Gasteiger partial charge in [0.15, 0.2) is 0 Å². The van der Waals surface area contributed by atoms with Crippen molar-refractivity contribution >= 4 is 21.6 Å². The van der Waals surface area contributed by atoms with E-state index in [0.717, 1.165) is 0 Å². The van der Waals surface area contributed by atoms with E-state index in [4.69, 9.17) is 0 Å². The van der Waals surface area contributed by atoms with E-state index in [1.807, 2.05) is 21.6 Å². The van der Waals surface area contributed by atoms with Gasteiger partial charge in [-0.05, 0) is 133 Å². The first-order valence-corrected chi connectivity index (χ1v) is 23.4. The van der Waals surface area contributed by atoms with Gasteiger partial charge in [-0.25, -0.2) is 0 Å². The SMILES string of the molecule is Cc1ccc(-c2ccc([C@@H](C)SS[C@H](C)c3ccc(-c4ccc(C)cc4)c(-c4ccc(C)cc4)c3-c3ccc(C)cc3)c(-c3ccc(C)cc3)c2-c2ccc(C)cc2)cc1. The molecule has 0 aromatic heterocycles. The molecule has 0 N–H and O–H groups in total. The maximum Gasteiger partial charge on any atom is 0.0379 e. The summed E-state index contributed by atoms with van der Waals surface area (Å²) >= 11 is 0. The number of benzene rings is 8. The third-order valence-electron chi connectivity index (χ3n) is 11.8. The summed E-state index contributed by atoms with van der Waals surface area (Å²) in [6, 6.07) is 64.0. The molecule has 0 aliphatic carbocycles. The molecule has 0 radical (unpaired) electrons. The van der Waals surface area contributed by atoms with Gasteiger partial charge in [-0.2, -0.15) is 0 Å². The van der Waals surface area contributed by atoms with E-state index in [0.29, 0.717) is 0 Å². The van der Waals surface area contributed by atoms with Crippen molar-refractivity contribution in [2.24, 2.45) is 0 Å². The van der Waals surface area contributed by atoms with E-state index >= 15 is 0 Å². The average molecular weight is 815 g/mol. The summed E-state index contributed by atoms with van der Waals surface area (Å²) in [4.78, 5) is 0. The van der Waals surface area contributed by atoms with Crippen LogP contribution in [-0.4, -0.2) is 0 Å². The van der Waals surface area contributed by atoms with Gasteiger partial charge in [-0.3, -0.25) is 0 Å². The molecule has 0 aliphatic rings. The molecule has 0 heterocycles. The van der Waals surface area contributed by atoms with Crippen LogP contribution in [0.25, 0.3) is 66.8 Å². The summed E-state index contributed by atoms with van der Waals surface area (Å²) in [5.74, 6) is 0. The van der Waals surface area contributed by atoms with Gasteiger partial charge in [0.2, 0.25) is 0 Å². The maximum absolute atomic E-state index is 2.40. The maximum atomic E-state index is 2.40. The summed E-state index contributed by atoms with van der Waals surface area (Å²) in [5.41, 5.74) is 25.5. The van der Waals surface area contributed by atoms with Gasteiger partial charge in [0.05, 0.1) is 0 Å². The first-order chi connectivity index (χ1) is 29.0. The lowest BCUT2D eigenvalue weighted by Gasteiger charge is -2.26. The Hall–Kier alpha value is -5.54. The molecule has 0 bridgehead atoms. The first kappa shape index (κ1) is 41.2. The van der Waals surface area contributed by atoms with Gasteiger partial charge < -0.3 is 0 Å². The van der Waals surface area contributed by atoms with Crippen molar-refractivity contribution in [3.05, 3.63) is 214 Å². The molecule has 0 saturated heterocycles. The van der Waals surface area contributed by atoms with Crippen molar-refractivity contribution in [3.63, 3.8) is 0 Å². The molecular formula is C58H54S2. The smallest absolute Gasteiger partial charge is 0.0379 e. The second-order valence-electron chi connectivity index (χ2n) is 16.6. The zero-order valence-electron chi connectivity index (χ0n) is 36.1. The fraction of sp³-hybridized carbons (Fsp3) is 0.172. The van der Waals surface area contributed by atoms with Gasteiger partial charge in [0, 0.05) is 10.5 Å². The standard InChI is InChI=1S/C58H54S2/c1-37-9-21-45(22-10-37)53-35-33-51(55(47-25-13-39(3)14-26-47)57(53)49-29-17-41(5)18-30-49)43(7)59-60-44(8)52-34-36-54(46-23-11-38(2)12-24-46)58(50-31-19-42(6)20-32-50)56(52)48-27-15-40(4)16-28-48/h9-36,43-44H,1-8H3/t43-,44-/m1/s1. The molecule has 0 spiro atoms. The third-order valence-corrected chi connectivity index (χ3v) is 15.0. The van der Waals surface area contributed by atoms with Crippen LogP contribution in [-0.2, 0) is 0 Å². The van der Waals surface area contributed by atoms with Crippen LogP contribution in [0.2, 0.25) is 0 Å². The monoisotopic (exact) mass is 814 g/mol. The van der Waals surface area contributed by atoms with Crippen LogP contribution in [0.4, 0.5) is 0 Å². The van der Waals surface area contributed by atoms with E-state index in [1.54, 1.807) is 0 Å². The molecule has 0 aliphatic heterocycles. The number of rotatable bonds is 11. The van der Waals surface area contributed by atoms with Gasteiger partial charge in [0.1, 0.15) is 0 Å². The Morgan fingerprint density at radius 2 is 0.467 bits per heavy atom. The van der Waals surface area contributed by atoms with E-state index in [1.165, 1.54) is 111 Å². The second kappa shape index (κ2) is 18.0. The molecule has 8 rings (SSSR count). The Balaban J connectivity index is 1.24. The molecule has 298 valence electrons. The zero-order valence-corrected chi connectivity index (χ0v) is 37.8. The number of aryl methyl sites for hydroxylation is 6. The minimum atomic E-state index is 0.205. The highest BCUT2D eigenvalue weighted by molar-refractivity contribution is 8.76. The van der Waals surface area contributed by atoms with Gasteiger partial charge >= 0.3 is 0 Å². The van der Waals surface area contributed by atoms with Crippen molar-refractivity contribution in [2.45, 2.75) is 65.9 Å². The Morgan fingerprint density at radius 3 is 0.717 bits per heavy atom. The lowest BCUT2D eigenvalue weighted by Crippen LogP contribution is -2.00. The summed E-state index contributed by atoms with van der Waals surface area (Å²) in [7, 11) is 3.97. The molecule has 0 saturated carbocycles. The van der Waals surface area contributed by atoms with Crippen LogP contribution >= 0.6 is 21.6 Å². The van der Waals surface area contributed by atoms with Crippen LogP contribution in [0.1, 0.15) is 68.9 Å². The minimum Gasteiger partial charge on any atom is -0.0856 e. The fourth-order valence-electron chi connectivity index (χ4n) is 8.24. The van der Waals surface area contributed by atoms with Crippen molar-refractivity contribution in [3.8, 4) is 66.8 Å². The van der Waals surface area contributed by atoms with E-state index in [2.05, 4.69) is 225 Å². The Morgan fingerprint density at radius 1 is 0.250 bits per heavy atom. The predicted molar refractivity (Wildman–Crippen MR) is 266 cm³/mol. The average Bonchev–Trinajstić information content (AvgIpc) is 3.26. The van der Waals surface area contributed by atoms with Gasteiger partial charge in [-0.15, -0.1) is 0 Å². The van der Waals surface area contributed by atoms with Crippen LogP contribution in [0, 0.1) is 41.5 Å². The summed E-state index contributed by atoms with van der Waals surface area (Å²) in [6.45, 7) is 17.8. The minimum absolute atomic E-state index is 0.205. The quantitative estimate of drug-likeness (QED) is 0.119. The highest BCUT2D eigenvalue weighted by Gasteiger charge is 2.25. The van der Waals surface area contributed by atoms with Crippen molar-refractivity contribution in [1.29, 1.82) is 0 Å². The Kier molecular flexibility index (Phi) is 12.3. The Labute approximate surface area is 366 Å². The van der Waals surface area contributed by atoms with Crippen LogP contribution < -0.4 is 0 Å². The lowest BCUT2D eigenvalue weighted by atomic mass is 9.83. The summed E-state index contributed by atoms with van der Waals surface area (Å²) in [5, 5.41) is 0.410. The molecule has 0 fully saturated rings. The first-order valence-electron chi connectivity index (χ1n) is 21.1. The molecular weight excluding hydrogens is 761 g/mol. The molecule has 2 heteroatoms. The van der Waals surface area contributed by atoms with Crippen LogP contribution in [0.15, 0.2) is 170 Å². The number of hydrogen-bond donors (Lipinski definition) is 0. The molecule has 8 aromatic carbocycles. The molecule has 8 aromatic rings. The summed E-state index contributed by atoms with van der Waals surface area (Å²) < 4.78 is 0. The lowest BCUT2D eigenvalue weighted by molar-refractivity contribution is 1.10. The van der Waals surface area contributed by atoms with Crippen molar-refractivity contribution < 1.29 is 0 Å². The molecule has 2 atom stereocenters. The fourth-order valence-corrected chi connectivity index (χ4v) is 10.8. The van der Waals surface area contributed by atoms with Crippen molar-refractivity contribution in [1.82, 2.24) is 0 Å². The Bertz CT molecular complexity index is 2530. The normalized spacial score (nSPS) is 12.3. The summed E-state index contributed by atoms with van der Waals surface area (Å²) in [6.07, 6.45) is 0. The van der Waals surface area contributed by atoms with E-state index in [9.17, 15) is 0 Å². The molecule has 60 heavy (non-hydrogen) atoms. The number of hydrogen-bond acceptors (Lipinski definition) is 2. The molecule has 0 unspecified atom stereocenters. The van der Waals surface area contributed by atoms with Crippen LogP contribution in [0.5, 0.6) is 0 Å².